The zero-order valence-electron chi connectivity index (χ0n) is 24.1. The Bertz CT molecular complexity index is 1370. The summed E-state index contributed by atoms with van der Waals surface area (Å²) in [4.78, 5) is 37.0. The van der Waals surface area contributed by atoms with E-state index in [1.165, 1.54) is 46.8 Å². The lowest BCUT2D eigenvalue weighted by Gasteiger charge is -2.14. The number of nitrogens with one attached hydrogen (secondary N) is 2. The molecule has 0 heterocycles. The minimum atomic E-state index is -0.653. The Labute approximate surface area is 244 Å². The third-order valence-corrected chi connectivity index (χ3v) is 6.10. The van der Waals surface area contributed by atoms with Crippen LogP contribution in [0.5, 0.6) is 28.7 Å². The summed E-state index contributed by atoms with van der Waals surface area (Å²) in [6.07, 6.45) is 4.00. The number of ether oxygens (including phenoxy) is 5. The van der Waals surface area contributed by atoms with E-state index < -0.39 is 5.97 Å². The van der Waals surface area contributed by atoms with Gasteiger partial charge in [0.15, 0.2) is 23.0 Å². The fraction of sp³-hybridized carbons (Fsp3) is 0.290. The number of benzene rings is 3. The van der Waals surface area contributed by atoms with Crippen molar-refractivity contribution in [1.82, 2.24) is 10.7 Å². The van der Waals surface area contributed by atoms with Gasteiger partial charge in [-0.1, -0.05) is 24.6 Å². The second kappa shape index (κ2) is 16.3. The first-order chi connectivity index (χ1) is 20.4. The number of hydrogen-bond donors (Lipinski definition) is 2. The first-order valence-electron chi connectivity index (χ1n) is 13.3. The molecule has 3 aromatic rings. The van der Waals surface area contributed by atoms with E-state index in [1.807, 2.05) is 18.2 Å². The zero-order chi connectivity index (χ0) is 30.3. The maximum Gasteiger partial charge on any atom is 0.343 e. The van der Waals surface area contributed by atoms with Crippen molar-refractivity contribution in [1.29, 1.82) is 0 Å². The van der Waals surface area contributed by atoms with Crippen molar-refractivity contribution >= 4 is 24.0 Å². The van der Waals surface area contributed by atoms with Crippen molar-refractivity contribution in [2.75, 3.05) is 35.0 Å². The van der Waals surface area contributed by atoms with Crippen molar-refractivity contribution in [3.63, 3.8) is 0 Å². The molecule has 11 heteroatoms. The number of rotatable bonds is 15. The standard InChI is InChI=1S/C31H35N3O8/c1-38-25-17-21(14-15-24(25)42-31(37)23-18-26(39-2)29(41-4)27(19-23)40-3)20-33-34-28(35)13-9-6-10-16-32-30(36)22-11-7-5-8-12-22/h5,7-8,11-12,14-15,17-20H,6,9-10,13,16H2,1-4H3,(H,32,36)(H,34,35). The van der Waals surface area contributed by atoms with E-state index in [4.69, 9.17) is 23.7 Å². The number of nitrogens with zero attached hydrogens (tertiary/aromatic N) is 1. The lowest BCUT2D eigenvalue weighted by atomic mass is 10.1. The maximum absolute atomic E-state index is 12.9. The van der Waals surface area contributed by atoms with Crippen LogP contribution in [0.3, 0.4) is 0 Å². The lowest BCUT2D eigenvalue weighted by molar-refractivity contribution is -0.121. The van der Waals surface area contributed by atoms with Crippen molar-refractivity contribution in [2.45, 2.75) is 25.7 Å². The van der Waals surface area contributed by atoms with E-state index in [0.29, 0.717) is 53.5 Å². The minimum absolute atomic E-state index is 0.107. The number of carbonyl (C=O) groups is 3. The molecule has 222 valence electrons. The number of methoxy groups -OCH3 is 4. The van der Waals surface area contributed by atoms with E-state index in [-0.39, 0.29) is 23.1 Å². The van der Waals surface area contributed by atoms with Crippen LogP contribution < -0.4 is 34.4 Å². The van der Waals surface area contributed by atoms with Gasteiger partial charge in [-0.15, -0.1) is 0 Å². The number of hydrogen-bond acceptors (Lipinski definition) is 9. The van der Waals surface area contributed by atoms with Crippen molar-refractivity contribution in [3.05, 3.63) is 77.4 Å². The topological polar surface area (TPSA) is 134 Å². The Balaban J connectivity index is 1.46. The molecular weight excluding hydrogens is 542 g/mol. The molecule has 0 atom stereocenters. The van der Waals surface area contributed by atoms with Crippen LogP contribution in [0.4, 0.5) is 0 Å². The molecular formula is C31H35N3O8. The van der Waals surface area contributed by atoms with Crippen LogP contribution in [0.1, 0.15) is 52.0 Å². The maximum atomic E-state index is 12.9. The van der Waals surface area contributed by atoms with Gasteiger partial charge in [0.25, 0.3) is 5.91 Å². The van der Waals surface area contributed by atoms with Gasteiger partial charge in [0.1, 0.15) is 0 Å². The molecule has 0 aromatic heterocycles. The Morgan fingerprint density at radius 1 is 0.738 bits per heavy atom. The van der Waals surface area contributed by atoms with Gasteiger partial charge in [-0.25, -0.2) is 10.2 Å². The molecule has 0 spiro atoms. The molecule has 0 aliphatic heterocycles. The average Bonchev–Trinajstić information content (AvgIpc) is 3.02. The number of carbonyl (C=O) groups excluding carboxylic acids is 3. The van der Waals surface area contributed by atoms with Crippen LogP contribution in [0.2, 0.25) is 0 Å². The summed E-state index contributed by atoms with van der Waals surface area (Å²) in [5.74, 6) is 0.497. The predicted octanol–water partition coefficient (Wildman–Crippen LogP) is 4.38. The third-order valence-electron chi connectivity index (χ3n) is 6.10. The molecule has 3 rings (SSSR count). The van der Waals surface area contributed by atoms with Crippen LogP contribution >= 0.6 is 0 Å². The molecule has 0 aliphatic rings. The molecule has 0 saturated heterocycles. The molecule has 11 nitrogen and oxygen atoms in total. The van der Waals surface area contributed by atoms with Crippen molar-refractivity contribution < 1.29 is 38.1 Å². The predicted molar refractivity (Wildman–Crippen MR) is 157 cm³/mol. The fourth-order valence-electron chi connectivity index (χ4n) is 3.92. The van der Waals surface area contributed by atoms with Crippen molar-refractivity contribution in [3.8, 4) is 28.7 Å². The number of hydrazone groups is 1. The second-order valence-electron chi connectivity index (χ2n) is 8.94. The highest BCUT2D eigenvalue weighted by Crippen LogP contribution is 2.38. The molecule has 2 N–H and O–H groups in total. The van der Waals surface area contributed by atoms with Crippen molar-refractivity contribution in [2.24, 2.45) is 5.10 Å². The van der Waals surface area contributed by atoms with Gasteiger partial charge in [-0.2, -0.15) is 5.10 Å². The molecule has 42 heavy (non-hydrogen) atoms. The van der Waals surface area contributed by atoms with E-state index in [1.54, 1.807) is 30.3 Å². The first kappa shape index (κ1) is 31.5. The van der Waals surface area contributed by atoms with E-state index in [2.05, 4.69) is 15.8 Å². The van der Waals surface area contributed by atoms with Gasteiger partial charge < -0.3 is 29.0 Å². The Morgan fingerprint density at radius 3 is 2.07 bits per heavy atom. The summed E-state index contributed by atoms with van der Waals surface area (Å²) in [6, 6.07) is 16.9. The molecule has 0 unspecified atom stereocenters. The largest absolute Gasteiger partial charge is 0.493 e. The Hall–Kier alpha value is -5.06. The summed E-state index contributed by atoms with van der Waals surface area (Å²) in [5.41, 5.74) is 3.93. The Morgan fingerprint density at radius 2 is 1.43 bits per heavy atom. The van der Waals surface area contributed by atoms with Gasteiger partial charge in [-0.05, 0) is 60.9 Å². The minimum Gasteiger partial charge on any atom is -0.493 e. The number of amides is 2. The number of unbranched alkanes of at least 4 members (excludes halogenated alkanes) is 2. The second-order valence-corrected chi connectivity index (χ2v) is 8.94. The van der Waals surface area contributed by atoms with E-state index >= 15 is 0 Å². The SMILES string of the molecule is COc1cc(C=NNC(=O)CCCCCNC(=O)c2ccccc2)ccc1OC(=O)c1cc(OC)c(OC)c(OC)c1. The van der Waals surface area contributed by atoms with Gasteiger partial charge in [0.05, 0.1) is 40.2 Å². The molecule has 0 radical (unpaired) electrons. The average molecular weight is 578 g/mol. The zero-order valence-corrected chi connectivity index (χ0v) is 24.1. The van der Waals surface area contributed by atoms with Crippen LogP contribution in [-0.4, -0.2) is 59.0 Å². The fourth-order valence-corrected chi connectivity index (χ4v) is 3.92. The molecule has 3 aromatic carbocycles. The van der Waals surface area contributed by atoms with E-state index in [0.717, 1.165) is 12.8 Å². The molecule has 0 saturated carbocycles. The highest BCUT2D eigenvalue weighted by Gasteiger charge is 2.19. The Kier molecular flexibility index (Phi) is 12.2. The quantitative estimate of drug-likeness (QED) is 0.0894. The van der Waals surface area contributed by atoms with Crippen LogP contribution in [0, 0.1) is 0 Å². The lowest BCUT2D eigenvalue weighted by Crippen LogP contribution is -2.24. The molecule has 0 fully saturated rings. The third kappa shape index (κ3) is 8.98. The van der Waals surface area contributed by atoms with E-state index in [9.17, 15) is 14.4 Å². The van der Waals surface area contributed by atoms with Crippen LogP contribution in [0.15, 0.2) is 65.8 Å². The highest BCUT2D eigenvalue weighted by atomic mass is 16.6. The molecule has 2 amide bonds. The summed E-state index contributed by atoms with van der Waals surface area (Å²) in [5, 5.41) is 6.87. The van der Waals surface area contributed by atoms with Gasteiger partial charge in [0, 0.05) is 18.5 Å². The normalized spacial score (nSPS) is 10.6. The highest BCUT2D eigenvalue weighted by molar-refractivity contribution is 5.94. The van der Waals surface area contributed by atoms with Crippen LogP contribution in [-0.2, 0) is 4.79 Å². The van der Waals surface area contributed by atoms with Gasteiger partial charge in [0.2, 0.25) is 11.7 Å². The summed E-state index contributed by atoms with van der Waals surface area (Å²) in [6.45, 7) is 0.545. The smallest absolute Gasteiger partial charge is 0.343 e. The first-order valence-corrected chi connectivity index (χ1v) is 13.3. The monoisotopic (exact) mass is 577 g/mol. The molecule has 0 bridgehead atoms. The number of esters is 1. The summed E-state index contributed by atoms with van der Waals surface area (Å²) in [7, 11) is 5.82. The van der Waals surface area contributed by atoms with Gasteiger partial charge in [-0.3, -0.25) is 9.59 Å². The summed E-state index contributed by atoms with van der Waals surface area (Å²) < 4.78 is 26.8. The van der Waals surface area contributed by atoms with Crippen LogP contribution in [0.25, 0.3) is 0 Å². The molecule has 0 aliphatic carbocycles. The van der Waals surface area contributed by atoms with Gasteiger partial charge >= 0.3 is 5.97 Å². The summed E-state index contributed by atoms with van der Waals surface area (Å²) >= 11 is 0.